The van der Waals surface area contributed by atoms with Crippen LogP contribution in [-0.4, -0.2) is 53.7 Å². The first-order valence-corrected chi connectivity index (χ1v) is 15.2. The quantitative estimate of drug-likeness (QED) is 0.378. The Morgan fingerprint density at radius 3 is 2.21 bits per heavy atom. The maximum Gasteiger partial charge on any atom is 0.258 e. The van der Waals surface area contributed by atoms with Crippen molar-refractivity contribution in [1.82, 2.24) is 21.3 Å². The third-order valence-corrected chi connectivity index (χ3v) is 9.94. The lowest BCUT2D eigenvalue weighted by Gasteiger charge is -2.70. The zero-order valence-corrected chi connectivity index (χ0v) is 24.0. The van der Waals surface area contributed by atoms with E-state index in [2.05, 4.69) is 28.2 Å². The minimum absolute atomic E-state index is 0.0855. The van der Waals surface area contributed by atoms with E-state index in [9.17, 15) is 9.59 Å². The highest BCUT2D eigenvalue weighted by Crippen LogP contribution is 2.60. The largest absolute Gasteiger partial charge is 0.484 e. The molecule has 1 spiro atoms. The molecule has 1 aromatic rings. The van der Waals surface area contributed by atoms with Gasteiger partial charge in [0.05, 0.1) is 10.0 Å². The fourth-order valence-corrected chi connectivity index (χ4v) is 7.63. The SMILES string of the molecule is CCC1CNC(C(=O)NC23CC(NC(=O)COc4ccc(Cl)c(Cl)c4)(C2)C3)C2(CCCCCCCCC2)N1. The minimum atomic E-state index is -0.231. The lowest BCUT2D eigenvalue weighted by Crippen LogP contribution is -2.85. The van der Waals surface area contributed by atoms with Crippen LogP contribution in [0.25, 0.3) is 0 Å². The first-order valence-electron chi connectivity index (χ1n) is 14.5. The summed E-state index contributed by atoms with van der Waals surface area (Å²) < 4.78 is 5.58. The van der Waals surface area contributed by atoms with Crippen LogP contribution in [0.2, 0.25) is 10.0 Å². The number of nitrogens with one attached hydrogen (secondary N) is 4. The van der Waals surface area contributed by atoms with Crippen molar-refractivity contribution in [2.45, 2.75) is 119 Å². The van der Waals surface area contributed by atoms with Crippen molar-refractivity contribution in [3.05, 3.63) is 28.2 Å². The molecule has 9 heteroatoms. The monoisotopic (exact) mass is 564 g/mol. The van der Waals surface area contributed by atoms with Crippen molar-refractivity contribution < 1.29 is 14.3 Å². The second kappa shape index (κ2) is 11.5. The van der Waals surface area contributed by atoms with Gasteiger partial charge in [-0.25, -0.2) is 0 Å². The summed E-state index contributed by atoms with van der Waals surface area (Å²) >= 11 is 12.0. The number of carbonyl (C=O) groups is 2. The number of ether oxygens (including phenoxy) is 1. The number of benzene rings is 1. The number of halogens is 2. The number of piperazine rings is 1. The van der Waals surface area contributed by atoms with Crippen molar-refractivity contribution in [2.75, 3.05) is 13.2 Å². The summed E-state index contributed by atoms with van der Waals surface area (Å²) in [5.41, 5.74) is -0.613. The van der Waals surface area contributed by atoms with Gasteiger partial charge in [-0.05, 0) is 50.7 Å². The molecule has 2 unspecified atom stereocenters. The molecule has 2 atom stereocenters. The van der Waals surface area contributed by atoms with Crippen LogP contribution in [-0.2, 0) is 9.59 Å². The van der Waals surface area contributed by atoms with E-state index in [-0.39, 0.29) is 41.1 Å². The Bertz CT molecular complexity index is 1010. The molecule has 0 aromatic heterocycles. The average Bonchev–Trinajstić information content (AvgIpc) is 2.86. The molecule has 2 amide bonds. The van der Waals surface area contributed by atoms with E-state index in [4.69, 9.17) is 27.9 Å². The Balaban J connectivity index is 1.14. The molecule has 4 saturated carbocycles. The third-order valence-electron chi connectivity index (χ3n) is 9.20. The molecule has 6 rings (SSSR count). The Hall–Kier alpha value is -1.54. The second-order valence-corrected chi connectivity index (χ2v) is 13.0. The van der Waals surface area contributed by atoms with Gasteiger partial charge in [0.25, 0.3) is 5.91 Å². The Kier molecular flexibility index (Phi) is 8.49. The van der Waals surface area contributed by atoms with Crippen molar-refractivity contribution >= 4 is 35.0 Å². The van der Waals surface area contributed by atoms with Gasteiger partial charge in [0, 0.05) is 35.3 Å². The predicted molar refractivity (Wildman–Crippen MR) is 151 cm³/mol. The van der Waals surface area contributed by atoms with Crippen LogP contribution in [0.4, 0.5) is 0 Å². The predicted octanol–water partition coefficient (Wildman–Crippen LogP) is 4.88. The van der Waals surface area contributed by atoms with E-state index in [1.807, 2.05) is 0 Å². The van der Waals surface area contributed by atoms with Crippen LogP contribution >= 0.6 is 23.2 Å². The lowest BCUT2D eigenvalue weighted by molar-refractivity contribution is -0.153. The molecule has 5 aliphatic rings. The van der Waals surface area contributed by atoms with Gasteiger partial charge in [0.2, 0.25) is 5.91 Å². The van der Waals surface area contributed by atoms with Gasteiger partial charge in [-0.2, -0.15) is 0 Å². The van der Waals surface area contributed by atoms with Crippen molar-refractivity contribution in [2.24, 2.45) is 0 Å². The molecule has 2 bridgehead atoms. The summed E-state index contributed by atoms with van der Waals surface area (Å²) in [6.45, 7) is 2.96. The zero-order valence-electron chi connectivity index (χ0n) is 22.5. The highest BCUT2D eigenvalue weighted by atomic mass is 35.5. The van der Waals surface area contributed by atoms with Crippen LogP contribution in [0.1, 0.15) is 90.4 Å². The first-order chi connectivity index (χ1) is 18.3. The third kappa shape index (κ3) is 5.96. The molecule has 4 N–H and O–H groups in total. The highest BCUT2D eigenvalue weighted by Gasteiger charge is 2.69. The Morgan fingerprint density at radius 1 is 0.947 bits per heavy atom. The second-order valence-electron chi connectivity index (χ2n) is 12.2. The summed E-state index contributed by atoms with van der Waals surface area (Å²) in [5, 5.41) is 15.0. The average molecular weight is 566 g/mol. The molecular weight excluding hydrogens is 523 g/mol. The molecule has 1 aromatic carbocycles. The molecule has 7 nitrogen and oxygen atoms in total. The van der Waals surface area contributed by atoms with E-state index in [0.717, 1.165) is 45.1 Å². The number of amides is 2. The van der Waals surface area contributed by atoms with Crippen molar-refractivity contribution in [1.29, 1.82) is 0 Å². The van der Waals surface area contributed by atoms with Crippen molar-refractivity contribution in [3.8, 4) is 5.75 Å². The molecule has 4 aliphatic carbocycles. The summed E-state index contributed by atoms with van der Waals surface area (Å²) in [7, 11) is 0. The first kappa shape index (κ1) is 28.0. The van der Waals surface area contributed by atoms with Gasteiger partial charge in [-0.3, -0.25) is 9.59 Å². The Labute approximate surface area is 236 Å². The normalized spacial score (nSPS) is 32.4. The lowest BCUT2D eigenvalue weighted by atomic mass is 9.44. The molecule has 0 radical (unpaired) electrons. The van der Waals surface area contributed by atoms with Gasteiger partial charge in [-0.1, -0.05) is 75.1 Å². The summed E-state index contributed by atoms with van der Waals surface area (Å²) in [6, 6.07) is 5.13. The van der Waals surface area contributed by atoms with Gasteiger partial charge < -0.3 is 26.0 Å². The molecule has 5 fully saturated rings. The fraction of sp³-hybridized carbons (Fsp3) is 0.724. The standard InChI is InChI=1S/C29H42Cl2N4O3/c1-2-20-15-32-25(29(33-20)12-8-6-4-3-5-7-9-13-29)26(37)35-28-17-27(18-28,19-28)34-24(36)16-38-21-10-11-22(30)23(31)14-21/h10-11,14,20,25,32-33H,2-9,12-13,15-19H2,1H3,(H,34,36)(H,35,37). The topological polar surface area (TPSA) is 91.5 Å². The number of carbonyl (C=O) groups excluding carboxylic acids is 2. The summed E-state index contributed by atoms with van der Waals surface area (Å²) in [5.74, 6) is 0.454. The van der Waals surface area contributed by atoms with Gasteiger partial charge >= 0.3 is 0 Å². The molecule has 1 heterocycles. The van der Waals surface area contributed by atoms with Crippen molar-refractivity contribution in [3.63, 3.8) is 0 Å². The van der Waals surface area contributed by atoms with Crippen LogP contribution in [0.5, 0.6) is 5.75 Å². The molecule has 210 valence electrons. The van der Waals surface area contributed by atoms with E-state index in [1.54, 1.807) is 18.2 Å². The van der Waals surface area contributed by atoms with E-state index < -0.39 is 0 Å². The van der Waals surface area contributed by atoms with E-state index >= 15 is 0 Å². The molecule has 38 heavy (non-hydrogen) atoms. The highest BCUT2D eigenvalue weighted by molar-refractivity contribution is 6.42. The molecule has 1 saturated heterocycles. The zero-order chi connectivity index (χ0) is 26.8. The van der Waals surface area contributed by atoms with Crippen LogP contribution in [0, 0.1) is 0 Å². The molecular formula is C29H42Cl2N4O3. The van der Waals surface area contributed by atoms with Crippen LogP contribution < -0.4 is 26.0 Å². The van der Waals surface area contributed by atoms with Gasteiger partial charge in [0.1, 0.15) is 11.8 Å². The number of hydrogen-bond acceptors (Lipinski definition) is 5. The molecule has 1 aliphatic heterocycles. The summed E-state index contributed by atoms with van der Waals surface area (Å²) in [6.07, 6.45) is 14.2. The van der Waals surface area contributed by atoms with Crippen LogP contribution in [0.15, 0.2) is 18.2 Å². The maximum atomic E-state index is 13.7. The summed E-state index contributed by atoms with van der Waals surface area (Å²) in [4.78, 5) is 26.3. The van der Waals surface area contributed by atoms with Crippen LogP contribution in [0.3, 0.4) is 0 Å². The maximum absolute atomic E-state index is 13.7. The van der Waals surface area contributed by atoms with E-state index in [0.29, 0.717) is 21.8 Å². The number of hydrogen-bond donors (Lipinski definition) is 4. The van der Waals surface area contributed by atoms with Gasteiger partial charge in [-0.15, -0.1) is 0 Å². The minimum Gasteiger partial charge on any atom is -0.484 e. The fourth-order valence-electron chi connectivity index (χ4n) is 7.34. The smallest absolute Gasteiger partial charge is 0.258 e. The number of rotatable bonds is 7. The van der Waals surface area contributed by atoms with E-state index in [1.165, 1.54) is 44.9 Å². The van der Waals surface area contributed by atoms with Gasteiger partial charge in [0.15, 0.2) is 6.61 Å². The Morgan fingerprint density at radius 2 is 1.58 bits per heavy atom.